The Morgan fingerprint density at radius 1 is 1.33 bits per heavy atom. The van der Waals surface area contributed by atoms with Gasteiger partial charge in [-0.25, -0.2) is 9.97 Å². The highest BCUT2D eigenvalue weighted by molar-refractivity contribution is 5.74. The Labute approximate surface area is 72.1 Å². The highest BCUT2D eigenvalue weighted by Crippen LogP contribution is 2.07. The Morgan fingerprint density at radius 3 is 2.75 bits per heavy atom. The molecule has 3 heteroatoms. The van der Waals surface area contributed by atoms with E-state index in [1.165, 1.54) is 0 Å². The number of fused-ring (bicyclic) bond motifs is 1. The average Bonchev–Trinajstić information content (AvgIpc) is 2.53. The van der Waals surface area contributed by atoms with Crippen LogP contribution in [-0.2, 0) is 7.05 Å². The maximum atomic E-state index is 4.09. The third-order valence-electron chi connectivity index (χ3n) is 1.53. The third kappa shape index (κ3) is 1.44. The van der Waals surface area contributed by atoms with E-state index in [4.69, 9.17) is 0 Å². The Hall–Kier alpha value is -1.38. The van der Waals surface area contributed by atoms with Crippen LogP contribution in [0.5, 0.6) is 0 Å². The normalized spacial score (nSPS) is 9.25. The van der Waals surface area contributed by atoms with Crippen molar-refractivity contribution < 1.29 is 0 Å². The Balaban J connectivity index is 0.000000336. The van der Waals surface area contributed by atoms with Gasteiger partial charge in [-0.2, -0.15) is 0 Å². The first-order valence-electron chi connectivity index (χ1n) is 4.09. The molecule has 0 saturated heterocycles. The van der Waals surface area contributed by atoms with Gasteiger partial charge in [0.1, 0.15) is 12.0 Å². The standard InChI is InChI=1S/C7H7N3.C2H6/c1-10-3-2-6-4-8-5-9-7(6)10;1-2/h2-5H,1H3;1-2H3. The lowest BCUT2D eigenvalue weighted by molar-refractivity contribution is 0.943. The molecule has 0 bridgehead atoms. The van der Waals surface area contributed by atoms with Crippen LogP contribution in [0.3, 0.4) is 0 Å². The van der Waals surface area contributed by atoms with E-state index < -0.39 is 0 Å². The molecule has 0 radical (unpaired) electrons. The van der Waals surface area contributed by atoms with Crippen LogP contribution < -0.4 is 0 Å². The van der Waals surface area contributed by atoms with Gasteiger partial charge in [-0.15, -0.1) is 0 Å². The van der Waals surface area contributed by atoms with E-state index in [0.29, 0.717) is 0 Å². The summed E-state index contributed by atoms with van der Waals surface area (Å²) in [7, 11) is 1.97. The second kappa shape index (κ2) is 3.85. The highest BCUT2D eigenvalue weighted by Gasteiger charge is 1.94. The Kier molecular flexibility index (Phi) is 2.80. The van der Waals surface area contributed by atoms with Gasteiger partial charge in [-0.1, -0.05) is 13.8 Å². The van der Waals surface area contributed by atoms with E-state index in [9.17, 15) is 0 Å². The summed E-state index contributed by atoms with van der Waals surface area (Å²) >= 11 is 0. The fraction of sp³-hybridized carbons (Fsp3) is 0.333. The quantitative estimate of drug-likeness (QED) is 0.594. The molecule has 0 saturated carbocycles. The van der Waals surface area contributed by atoms with Crippen molar-refractivity contribution >= 4 is 11.0 Å². The van der Waals surface area contributed by atoms with Crippen LogP contribution in [-0.4, -0.2) is 14.5 Å². The molecule has 0 aliphatic carbocycles. The summed E-state index contributed by atoms with van der Waals surface area (Å²) in [4.78, 5) is 7.99. The lowest BCUT2D eigenvalue weighted by Crippen LogP contribution is -1.86. The number of nitrogens with zero attached hydrogens (tertiary/aromatic N) is 3. The van der Waals surface area contributed by atoms with E-state index in [2.05, 4.69) is 9.97 Å². The van der Waals surface area contributed by atoms with Gasteiger partial charge >= 0.3 is 0 Å². The number of aromatic nitrogens is 3. The molecule has 0 fully saturated rings. The van der Waals surface area contributed by atoms with Crippen molar-refractivity contribution in [3.8, 4) is 0 Å². The molecule has 0 unspecified atom stereocenters. The summed E-state index contributed by atoms with van der Waals surface area (Å²) in [5.41, 5.74) is 0.981. The topological polar surface area (TPSA) is 30.7 Å². The molecule has 0 spiro atoms. The maximum Gasteiger partial charge on any atom is 0.143 e. The molecular weight excluding hydrogens is 150 g/mol. The minimum atomic E-state index is 0.981. The molecule has 2 aromatic rings. The van der Waals surface area contributed by atoms with Crippen molar-refractivity contribution in [1.82, 2.24) is 14.5 Å². The molecular formula is C9H13N3. The predicted molar refractivity (Wildman–Crippen MR) is 49.9 cm³/mol. The van der Waals surface area contributed by atoms with Gasteiger partial charge in [-0.3, -0.25) is 0 Å². The number of hydrogen-bond donors (Lipinski definition) is 0. The largest absolute Gasteiger partial charge is 0.335 e. The van der Waals surface area contributed by atoms with Crippen LogP contribution in [0.2, 0.25) is 0 Å². The highest BCUT2D eigenvalue weighted by atomic mass is 15.0. The van der Waals surface area contributed by atoms with E-state index in [0.717, 1.165) is 11.0 Å². The molecule has 0 atom stereocenters. The van der Waals surface area contributed by atoms with E-state index in [1.807, 2.05) is 43.9 Å². The zero-order valence-electron chi connectivity index (χ0n) is 7.65. The summed E-state index contributed by atoms with van der Waals surface area (Å²) in [6.07, 6.45) is 5.34. The first-order valence-corrected chi connectivity index (χ1v) is 4.09. The Morgan fingerprint density at radius 2 is 2.08 bits per heavy atom. The van der Waals surface area contributed by atoms with Gasteiger partial charge in [0.2, 0.25) is 0 Å². The first kappa shape index (κ1) is 8.71. The van der Waals surface area contributed by atoms with Gasteiger partial charge in [0, 0.05) is 24.8 Å². The van der Waals surface area contributed by atoms with Crippen LogP contribution in [0.25, 0.3) is 11.0 Å². The van der Waals surface area contributed by atoms with Crippen LogP contribution in [0.4, 0.5) is 0 Å². The average molecular weight is 163 g/mol. The van der Waals surface area contributed by atoms with Crippen LogP contribution >= 0.6 is 0 Å². The molecule has 0 aromatic carbocycles. The summed E-state index contributed by atoms with van der Waals surface area (Å²) in [5, 5.41) is 1.09. The summed E-state index contributed by atoms with van der Waals surface area (Å²) in [6.45, 7) is 4.00. The molecule has 0 aliphatic heterocycles. The number of aryl methyl sites for hydroxylation is 1. The molecule has 0 aliphatic rings. The van der Waals surface area contributed by atoms with Crippen molar-refractivity contribution in [3.63, 3.8) is 0 Å². The molecule has 3 nitrogen and oxygen atoms in total. The predicted octanol–water partition coefficient (Wildman–Crippen LogP) is 1.99. The molecule has 12 heavy (non-hydrogen) atoms. The van der Waals surface area contributed by atoms with Crippen LogP contribution in [0.15, 0.2) is 24.8 Å². The minimum Gasteiger partial charge on any atom is -0.335 e. The zero-order chi connectivity index (χ0) is 8.97. The number of hydrogen-bond acceptors (Lipinski definition) is 2. The van der Waals surface area contributed by atoms with Crippen molar-refractivity contribution in [2.24, 2.45) is 7.05 Å². The second-order valence-electron chi connectivity index (χ2n) is 2.23. The second-order valence-corrected chi connectivity index (χ2v) is 2.23. The number of rotatable bonds is 0. The van der Waals surface area contributed by atoms with E-state index >= 15 is 0 Å². The van der Waals surface area contributed by atoms with E-state index in [1.54, 1.807) is 6.33 Å². The van der Waals surface area contributed by atoms with Gasteiger partial charge in [0.05, 0.1) is 0 Å². The van der Waals surface area contributed by atoms with Crippen LogP contribution in [0.1, 0.15) is 13.8 Å². The van der Waals surface area contributed by atoms with Crippen molar-refractivity contribution in [3.05, 3.63) is 24.8 Å². The summed E-state index contributed by atoms with van der Waals surface area (Å²) < 4.78 is 1.97. The fourth-order valence-corrected chi connectivity index (χ4v) is 1.01. The maximum absolute atomic E-state index is 4.09. The summed E-state index contributed by atoms with van der Waals surface area (Å²) in [6, 6.07) is 2.00. The molecule has 0 amide bonds. The lowest BCUT2D eigenvalue weighted by Gasteiger charge is -1.90. The molecule has 64 valence electrons. The minimum absolute atomic E-state index is 0.981. The third-order valence-corrected chi connectivity index (χ3v) is 1.53. The van der Waals surface area contributed by atoms with Crippen molar-refractivity contribution in [1.29, 1.82) is 0 Å². The van der Waals surface area contributed by atoms with Gasteiger partial charge < -0.3 is 4.57 Å². The van der Waals surface area contributed by atoms with E-state index in [-0.39, 0.29) is 0 Å². The molecule has 2 rings (SSSR count). The first-order chi connectivity index (χ1) is 5.88. The van der Waals surface area contributed by atoms with Gasteiger partial charge in [0.25, 0.3) is 0 Å². The van der Waals surface area contributed by atoms with Gasteiger partial charge in [-0.05, 0) is 6.07 Å². The van der Waals surface area contributed by atoms with Gasteiger partial charge in [0.15, 0.2) is 0 Å². The fourth-order valence-electron chi connectivity index (χ4n) is 1.01. The lowest BCUT2D eigenvalue weighted by atomic mass is 10.4. The summed E-state index contributed by atoms with van der Waals surface area (Å²) in [5.74, 6) is 0. The smallest absolute Gasteiger partial charge is 0.143 e. The monoisotopic (exact) mass is 163 g/mol. The zero-order valence-corrected chi connectivity index (χ0v) is 7.65. The molecule has 0 N–H and O–H groups in total. The molecule has 2 heterocycles. The van der Waals surface area contributed by atoms with Crippen LogP contribution in [0, 0.1) is 0 Å². The van der Waals surface area contributed by atoms with Crippen molar-refractivity contribution in [2.75, 3.05) is 0 Å². The Bertz CT molecular complexity index is 351. The van der Waals surface area contributed by atoms with Crippen molar-refractivity contribution in [2.45, 2.75) is 13.8 Å². The molecule has 2 aromatic heterocycles. The SMILES string of the molecule is CC.Cn1ccc2cncnc21.